The molecule has 0 radical (unpaired) electrons. The fourth-order valence-corrected chi connectivity index (χ4v) is 1.71. The molecule has 17 heavy (non-hydrogen) atoms. The highest BCUT2D eigenvalue weighted by Crippen LogP contribution is 2.30. The lowest BCUT2D eigenvalue weighted by atomic mass is 10.1. The number of rotatable bonds is 3. The molecule has 2 nitrogen and oxygen atoms in total. The Morgan fingerprint density at radius 1 is 0.941 bits per heavy atom. The highest BCUT2D eigenvalue weighted by molar-refractivity contribution is 5.41. The summed E-state index contributed by atoms with van der Waals surface area (Å²) >= 11 is 0. The molecule has 0 aliphatic heterocycles. The Labute approximate surface area is 101 Å². The molecule has 0 amide bonds. The van der Waals surface area contributed by atoms with Gasteiger partial charge >= 0.3 is 0 Å². The molecule has 2 heteroatoms. The summed E-state index contributed by atoms with van der Waals surface area (Å²) in [6.07, 6.45) is -0.532. The van der Waals surface area contributed by atoms with E-state index < -0.39 is 6.10 Å². The lowest BCUT2D eigenvalue weighted by molar-refractivity contribution is 0.195. The maximum Gasteiger partial charge on any atom is 0.133 e. The Balaban J connectivity index is 2.34. The van der Waals surface area contributed by atoms with Crippen LogP contribution in [0.5, 0.6) is 11.5 Å². The maximum atomic E-state index is 9.67. The van der Waals surface area contributed by atoms with E-state index in [1.54, 1.807) is 6.92 Å². The van der Waals surface area contributed by atoms with Crippen molar-refractivity contribution in [1.29, 1.82) is 0 Å². The van der Waals surface area contributed by atoms with E-state index in [4.69, 9.17) is 4.74 Å². The van der Waals surface area contributed by atoms with Gasteiger partial charge in [0.15, 0.2) is 0 Å². The van der Waals surface area contributed by atoms with Gasteiger partial charge in [0.2, 0.25) is 0 Å². The first-order valence-corrected chi connectivity index (χ1v) is 5.69. The zero-order valence-corrected chi connectivity index (χ0v) is 10.1. The second kappa shape index (κ2) is 5.02. The van der Waals surface area contributed by atoms with Crippen LogP contribution in [0, 0.1) is 6.92 Å². The molecule has 2 rings (SSSR count). The van der Waals surface area contributed by atoms with Crippen LogP contribution >= 0.6 is 0 Å². The third kappa shape index (κ3) is 2.66. The van der Waals surface area contributed by atoms with E-state index in [9.17, 15) is 5.11 Å². The highest BCUT2D eigenvalue weighted by atomic mass is 16.5. The SMILES string of the molecule is Cc1ccccc1Oc1ccccc1C(C)O. The molecular weight excluding hydrogens is 212 g/mol. The molecule has 2 aromatic carbocycles. The second-order valence-corrected chi connectivity index (χ2v) is 4.08. The monoisotopic (exact) mass is 228 g/mol. The van der Waals surface area contributed by atoms with Gasteiger partial charge in [0.25, 0.3) is 0 Å². The van der Waals surface area contributed by atoms with Crippen molar-refractivity contribution < 1.29 is 9.84 Å². The Morgan fingerprint density at radius 3 is 2.18 bits per heavy atom. The summed E-state index contributed by atoms with van der Waals surface area (Å²) in [4.78, 5) is 0. The zero-order chi connectivity index (χ0) is 12.3. The number of aliphatic hydroxyl groups is 1. The van der Waals surface area contributed by atoms with Crippen LogP contribution in [0.4, 0.5) is 0 Å². The van der Waals surface area contributed by atoms with Crippen LogP contribution in [0.3, 0.4) is 0 Å². The average Bonchev–Trinajstić information content (AvgIpc) is 2.32. The van der Waals surface area contributed by atoms with Crippen molar-refractivity contribution in [3.8, 4) is 11.5 Å². The van der Waals surface area contributed by atoms with E-state index in [0.717, 1.165) is 16.9 Å². The summed E-state index contributed by atoms with van der Waals surface area (Å²) in [7, 11) is 0. The molecule has 2 aromatic rings. The van der Waals surface area contributed by atoms with Crippen molar-refractivity contribution in [3.05, 3.63) is 59.7 Å². The van der Waals surface area contributed by atoms with Gasteiger partial charge in [0.05, 0.1) is 6.10 Å². The quantitative estimate of drug-likeness (QED) is 0.864. The van der Waals surface area contributed by atoms with Crippen LogP contribution < -0.4 is 4.74 Å². The van der Waals surface area contributed by atoms with Gasteiger partial charge in [0, 0.05) is 5.56 Å². The maximum absolute atomic E-state index is 9.67. The standard InChI is InChI=1S/C15H16O2/c1-11-7-3-5-9-14(11)17-15-10-6-4-8-13(15)12(2)16/h3-10,12,16H,1-2H3. The van der Waals surface area contributed by atoms with E-state index in [0.29, 0.717) is 5.75 Å². The topological polar surface area (TPSA) is 29.5 Å². The molecule has 0 aromatic heterocycles. The Hall–Kier alpha value is -1.80. The van der Waals surface area contributed by atoms with E-state index in [2.05, 4.69) is 0 Å². The number of hydrogen-bond acceptors (Lipinski definition) is 2. The number of ether oxygens (including phenoxy) is 1. The van der Waals surface area contributed by atoms with Crippen molar-refractivity contribution in [1.82, 2.24) is 0 Å². The van der Waals surface area contributed by atoms with Gasteiger partial charge in [-0.05, 0) is 31.5 Å². The number of aliphatic hydroxyl groups excluding tert-OH is 1. The minimum Gasteiger partial charge on any atom is -0.457 e. The summed E-state index contributed by atoms with van der Waals surface area (Å²) in [5, 5.41) is 9.67. The van der Waals surface area contributed by atoms with Crippen LogP contribution in [-0.4, -0.2) is 5.11 Å². The average molecular weight is 228 g/mol. The smallest absolute Gasteiger partial charge is 0.133 e. The van der Waals surface area contributed by atoms with E-state index >= 15 is 0 Å². The van der Waals surface area contributed by atoms with Gasteiger partial charge in [-0.15, -0.1) is 0 Å². The lowest BCUT2D eigenvalue weighted by Crippen LogP contribution is -1.96. The van der Waals surface area contributed by atoms with Gasteiger partial charge in [-0.1, -0.05) is 36.4 Å². The molecule has 1 atom stereocenters. The fourth-order valence-electron chi connectivity index (χ4n) is 1.71. The number of benzene rings is 2. The molecule has 88 valence electrons. The van der Waals surface area contributed by atoms with Gasteiger partial charge in [-0.2, -0.15) is 0 Å². The fraction of sp³-hybridized carbons (Fsp3) is 0.200. The van der Waals surface area contributed by atoms with Crippen LogP contribution in [0.25, 0.3) is 0 Å². The Morgan fingerprint density at radius 2 is 1.53 bits per heavy atom. The summed E-state index contributed by atoms with van der Waals surface area (Å²) in [6, 6.07) is 15.4. The van der Waals surface area contributed by atoms with E-state index in [1.165, 1.54) is 0 Å². The van der Waals surface area contributed by atoms with E-state index in [1.807, 2.05) is 55.5 Å². The second-order valence-electron chi connectivity index (χ2n) is 4.08. The summed E-state index contributed by atoms with van der Waals surface area (Å²) in [5.41, 5.74) is 1.88. The lowest BCUT2D eigenvalue weighted by Gasteiger charge is -2.14. The van der Waals surface area contributed by atoms with Crippen LogP contribution in [0.1, 0.15) is 24.2 Å². The van der Waals surface area contributed by atoms with Gasteiger partial charge < -0.3 is 9.84 Å². The van der Waals surface area contributed by atoms with Gasteiger partial charge in [-0.3, -0.25) is 0 Å². The number of hydrogen-bond donors (Lipinski definition) is 1. The van der Waals surface area contributed by atoms with Gasteiger partial charge in [0.1, 0.15) is 11.5 Å². The predicted octanol–water partition coefficient (Wildman–Crippen LogP) is 3.84. The first-order valence-electron chi connectivity index (χ1n) is 5.69. The highest BCUT2D eigenvalue weighted by Gasteiger charge is 2.09. The molecule has 0 aliphatic carbocycles. The Bertz CT molecular complexity index is 504. The molecule has 1 unspecified atom stereocenters. The molecular formula is C15H16O2. The molecule has 0 heterocycles. The predicted molar refractivity (Wildman–Crippen MR) is 68.3 cm³/mol. The summed E-state index contributed by atoms with van der Waals surface area (Å²) < 4.78 is 5.84. The molecule has 0 fully saturated rings. The van der Waals surface area contributed by atoms with Crippen LogP contribution in [0.15, 0.2) is 48.5 Å². The molecule has 1 N–H and O–H groups in total. The molecule has 0 spiro atoms. The largest absolute Gasteiger partial charge is 0.457 e. The normalized spacial score (nSPS) is 12.2. The van der Waals surface area contributed by atoms with Crippen molar-refractivity contribution in [3.63, 3.8) is 0 Å². The first kappa shape index (κ1) is 11.7. The number of para-hydroxylation sites is 2. The van der Waals surface area contributed by atoms with Crippen molar-refractivity contribution in [2.24, 2.45) is 0 Å². The minimum atomic E-state index is -0.532. The third-order valence-electron chi connectivity index (χ3n) is 2.68. The van der Waals surface area contributed by atoms with Crippen molar-refractivity contribution >= 4 is 0 Å². The third-order valence-corrected chi connectivity index (χ3v) is 2.68. The molecule has 0 aliphatic rings. The summed E-state index contributed by atoms with van der Waals surface area (Å²) in [5.74, 6) is 1.53. The minimum absolute atomic E-state index is 0.532. The van der Waals surface area contributed by atoms with Crippen molar-refractivity contribution in [2.45, 2.75) is 20.0 Å². The van der Waals surface area contributed by atoms with Crippen LogP contribution in [-0.2, 0) is 0 Å². The molecule has 0 saturated heterocycles. The Kier molecular flexibility index (Phi) is 3.45. The van der Waals surface area contributed by atoms with Crippen molar-refractivity contribution in [2.75, 3.05) is 0 Å². The molecule has 0 bridgehead atoms. The van der Waals surface area contributed by atoms with Crippen LogP contribution in [0.2, 0.25) is 0 Å². The first-order chi connectivity index (χ1) is 8.18. The molecule has 0 saturated carbocycles. The zero-order valence-electron chi connectivity index (χ0n) is 10.1. The summed E-state index contributed by atoms with van der Waals surface area (Å²) in [6.45, 7) is 3.74. The van der Waals surface area contributed by atoms with E-state index in [-0.39, 0.29) is 0 Å². The number of aryl methyl sites for hydroxylation is 1. The van der Waals surface area contributed by atoms with Gasteiger partial charge in [-0.25, -0.2) is 0 Å².